The summed E-state index contributed by atoms with van der Waals surface area (Å²) in [6.45, 7) is 7.20. The van der Waals surface area contributed by atoms with E-state index >= 15 is 0 Å². The predicted molar refractivity (Wildman–Crippen MR) is 63.0 cm³/mol. The van der Waals surface area contributed by atoms with Crippen molar-refractivity contribution in [2.75, 3.05) is 20.3 Å². The number of aromatic nitrogens is 1. The maximum Gasteiger partial charge on any atom is 0.0479 e. The normalized spacial score (nSPS) is 13.0. The molecule has 0 spiro atoms. The molecule has 0 aliphatic rings. The fourth-order valence-corrected chi connectivity index (χ4v) is 1.81. The molecule has 15 heavy (non-hydrogen) atoms. The first-order chi connectivity index (χ1) is 7.29. The predicted octanol–water partition coefficient (Wildman–Crippen LogP) is 2.20. The van der Waals surface area contributed by atoms with Crippen molar-refractivity contribution in [1.82, 2.24) is 9.88 Å². The lowest BCUT2D eigenvalue weighted by molar-refractivity contribution is 0.190. The molecule has 0 bridgehead atoms. The van der Waals surface area contributed by atoms with Crippen LogP contribution in [0, 0.1) is 0 Å². The quantitative estimate of drug-likeness (QED) is 0.698. The number of rotatable bonds is 7. The Kier molecular flexibility index (Phi) is 5.43. The van der Waals surface area contributed by atoms with Gasteiger partial charge in [0.2, 0.25) is 0 Å². The molecule has 0 aliphatic heterocycles. The molecule has 1 aromatic rings. The van der Waals surface area contributed by atoms with Crippen molar-refractivity contribution in [3.8, 4) is 0 Å². The highest BCUT2D eigenvalue weighted by atomic mass is 16.5. The molecule has 0 radical (unpaired) electrons. The number of aryl methyl sites for hydroxylation is 1. The number of hydrogen-bond acceptors (Lipinski definition) is 2. The van der Waals surface area contributed by atoms with Gasteiger partial charge in [-0.05, 0) is 32.0 Å². The number of nitrogens with zero attached hydrogens (tertiary/aromatic N) is 1. The van der Waals surface area contributed by atoms with Crippen LogP contribution in [0.2, 0.25) is 0 Å². The Morgan fingerprint density at radius 3 is 3.00 bits per heavy atom. The topological polar surface area (TPSA) is 26.2 Å². The maximum absolute atomic E-state index is 5.06. The first kappa shape index (κ1) is 12.3. The number of hydrogen-bond donors (Lipinski definition) is 1. The molecular formula is C12H22N2O. The van der Waals surface area contributed by atoms with E-state index in [9.17, 15) is 0 Å². The van der Waals surface area contributed by atoms with Crippen molar-refractivity contribution in [1.29, 1.82) is 0 Å². The molecule has 3 nitrogen and oxygen atoms in total. The third-order valence-electron chi connectivity index (χ3n) is 2.57. The van der Waals surface area contributed by atoms with Gasteiger partial charge in [-0.25, -0.2) is 0 Å². The zero-order chi connectivity index (χ0) is 11.1. The second-order valence-corrected chi connectivity index (χ2v) is 3.75. The van der Waals surface area contributed by atoms with Crippen molar-refractivity contribution >= 4 is 0 Å². The van der Waals surface area contributed by atoms with Crippen molar-refractivity contribution in [2.45, 2.75) is 32.9 Å². The lowest BCUT2D eigenvalue weighted by Gasteiger charge is -2.16. The summed E-state index contributed by atoms with van der Waals surface area (Å²) in [5.41, 5.74) is 1.35. The van der Waals surface area contributed by atoms with Gasteiger partial charge in [0.15, 0.2) is 0 Å². The molecule has 1 aromatic heterocycles. The summed E-state index contributed by atoms with van der Waals surface area (Å²) in [5, 5.41) is 3.43. The van der Waals surface area contributed by atoms with Crippen molar-refractivity contribution < 1.29 is 4.74 Å². The van der Waals surface area contributed by atoms with E-state index in [0.29, 0.717) is 6.04 Å². The average Bonchev–Trinajstić information content (AvgIpc) is 2.67. The Morgan fingerprint density at radius 2 is 2.33 bits per heavy atom. The van der Waals surface area contributed by atoms with Gasteiger partial charge in [0.05, 0.1) is 0 Å². The minimum atomic E-state index is 0.424. The highest BCUT2D eigenvalue weighted by Crippen LogP contribution is 2.13. The monoisotopic (exact) mass is 210 g/mol. The molecule has 1 N–H and O–H groups in total. The van der Waals surface area contributed by atoms with Crippen LogP contribution in [0.25, 0.3) is 0 Å². The van der Waals surface area contributed by atoms with Crippen LogP contribution < -0.4 is 5.32 Å². The van der Waals surface area contributed by atoms with Crippen LogP contribution in [-0.2, 0) is 11.3 Å². The SMILES string of the molecule is CCNC(C)c1cccn1CCCOC. The zero-order valence-corrected chi connectivity index (χ0v) is 9.99. The Morgan fingerprint density at radius 1 is 1.53 bits per heavy atom. The fraction of sp³-hybridized carbons (Fsp3) is 0.667. The first-order valence-corrected chi connectivity index (χ1v) is 5.67. The number of methoxy groups -OCH3 is 1. The standard InChI is InChI=1S/C12H22N2O/c1-4-13-11(2)12-7-5-8-14(12)9-6-10-15-3/h5,7-8,11,13H,4,6,9-10H2,1-3H3. The molecule has 0 aliphatic carbocycles. The van der Waals surface area contributed by atoms with Crippen LogP contribution in [-0.4, -0.2) is 24.8 Å². The highest BCUT2D eigenvalue weighted by Gasteiger charge is 2.07. The largest absolute Gasteiger partial charge is 0.385 e. The van der Waals surface area contributed by atoms with E-state index in [1.807, 2.05) is 0 Å². The van der Waals surface area contributed by atoms with Crippen LogP contribution in [0.15, 0.2) is 18.3 Å². The summed E-state index contributed by atoms with van der Waals surface area (Å²) in [4.78, 5) is 0. The van der Waals surface area contributed by atoms with Crippen LogP contribution in [0.1, 0.15) is 32.0 Å². The molecule has 86 valence electrons. The minimum absolute atomic E-state index is 0.424. The Balaban J connectivity index is 2.52. The molecule has 0 saturated carbocycles. The van der Waals surface area contributed by atoms with E-state index < -0.39 is 0 Å². The molecule has 0 fully saturated rings. The molecule has 1 atom stereocenters. The van der Waals surface area contributed by atoms with Crippen LogP contribution in [0.3, 0.4) is 0 Å². The van der Waals surface area contributed by atoms with Crippen molar-refractivity contribution in [3.05, 3.63) is 24.0 Å². The summed E-state index contributed by atoms with van der Waals surface area (Å²) in [6.07, 6.45) is 3.20. The highest BCUT2D eigenvalue weighted by molar-refractivity contribution is 5.11. The Labute approximate surface area is 92.4 Å². The smallest absolute Gasteiger partial charge is 0.0479 e. The van der Waals surface area contributed by atoms with E-state index in [-0.39, 0.29) is 0 Å². The van der Waals surface area contributed by atoms with Crippen molar-refractivity contribution in [3.63, 3.8) is 0 Å². The lowest BCUT2D eigenvalue weighted by atomic mass is 10.2. The molecule has 1 rings (SSSR count). The number of ether oxygens (including phenoxy) is 1. The third-order valence-corrected chi connectivity index (χ3v) is 2.57. The molecule has 0 saturated heterocycles. The second-order valence-electron chi connectivity index (χ2n) is 3.75. The zero-order valence-electron chi connectivity index (χ0n) is 9.99. The fourth-order valence-electron chi connectivity index (χ4n) is 1.81. The van der Waals surface area contributed by atoms with Crippen molar-refractivity contribution in [2.24, 2.45) is 0 Å². The molecule has 3 heteroatoms. The van der Waals surface area contributed by atoms with E-state index in [1.165, 1.54) is 5.69 Å². The van der Waals surface area contributed by atoms with Gasteiger partial charge in [0, 0.05) is 38.2 Å². The molecule has 1 unspecified atom stereocenters. The Bertz CT molecular complexity index is 270. The first-order valence-electron chi connectivity index (χ1n) is 5.67. The van der Waals surface area contributed by atoms with Gasteiger partial charge in [-0.3, -0.25) is 0 Å². The lowest BCUT2D eigenvalue weighted by Crippen LogP contribution is -2.20. The van der Waals surface area contributed by atoms with E-state index in [4.69, 9.17) is 4.74 Å². The summed E-state index contributed by atoms with van der Waals surface area (Å²) in [6, 6.07) is 4.71. The summed E-state index contributed by atoms with van der Waals surface area (Å²) in [7, 11) is 1.75. The molecular weight excluding hydrogens is 188 g/mol. The second kappa shape index (κ2) is 6.64. The van der Waals surface area contributed by atoms with Crippen LogP contribution in [0.4, 0.5) is 0 Å². The summed E-state index contributed by atoms with van der Waals surface area (Å²) in [5.74, 6) is 0. The number of nitrogens with one attached hydrogen (secondary N) is 1. The maximum atomic E-state index is 5.06. The van der Waals surface area contributed by atoms with E-state index in [0.717, 1.165) is 26.1 Å². The Hall–Kier alpha value is -0.800. The van der Waals surface area contributed by atoms with Gasteiger partial charge in [-0.15, -0.1) is 0 Å². The molecule has 0 amide bonds. The molecule has 1 heterocycles. The van der Waals surface area contributed by atoms with Gasteiger partial charge in [-0.1, -0.05) is 6.92 Å². The molecule has 0 aromatic carbocycles. The third kappa shape index (κ3) is 3.68. The average molecular weight is 210 g/mol. The van der Waals surface area contributed by atoms with Gasteiger partial charge < -0.3 is 14.6 Å². The van der Waals surface area contributed by atoms with Crippen LogP contribution in [0.5, 0.6) is 0 Å². The summed E-state index contributed by atoms with van der Waals surface area (Å²) >= 11 is 0. The van der Waals surface area contributed by atoms with Gasteiger partial charge in [0.1, 0.15) is 0 Å². The van der Waals surface area contributed by atoms with Gasteiger partial charge in [0.25, 0.3) is 0 Å². The van der Waals surface area contributed by atoms with Gasteiger partial charge >= 0.3 is 0 Å². The van der Waals surface area contributed by atoms with Crippen LogP contribution >= 0.6 is 0 Å². The van der Waals surface area contributed by atoms with E-state index in [1.54, 1.807) is 7.11 Å². The summed E-state index contributed by atoms with van der Waals surface area (Å²) < 4.78 is 7.36. The van der Waals surface area contributed by atoms with E-state index in [2.05, 4.69) is 42.1 Å². The minimum Gasteiger partial charge on any atom is -0.385 e. The van der Waals surface area contributed by atoms with Gasteiger partial charge in [-0.2, -0.15) is 0 Å².